The molecule has 74 heavy (non-hydrogen) atoms. The molecule has 6 unspecified atom stereocenters. The van der Waals surface area contributed by atoms with E-state index in [0.29, 0.717) is 23.9 Å². The molecule has 4 N–H and O–H groups in total. The zero-order valence-corrected chi connectivity index (χ0v) is 48.4. The van der Waals surface area contributed by atoms with Crippen molar-refractivity contribution in [2.75, 3.05) is 83.1 Å². The Morgan fingerprint density at radius 2 is 0.581 bits per heavy atom. The molecule has 4 heterocycles. The molecule has 4 aliphatic heterocycles. The van der Waals surface area contributed by atoms with Crippen LogP contribution in [0.3, 0.4) is 0 Å². The van der Waals surface area contributed by atoms with Crippen LogP contribution in [0.25, 0.3) is 0 Å². The van der Waals surface area contributed by atoms with Gasteiger partial charge >= 0.3 is 0 Å². The van der Waals surface area contributed by atoms with Gasteiger partial charge in [-0.3, -0.25) is 0 Å². The quantitative estimate of drug-likeness (QED) is 0.0473. The number of hydrogen-bond donors (Lipinski definition) is 4. The lowest BCUT2D eigenvalue weighted by Crippen LogP contribution is -2.35. The highest BCUT2D eigenvalue weighted by molar-refractivity contribution is 5.86. The number of nitrogens with one attached hydrogen (secondary N) is 4. The van der Waals surface area contributed by atoms with Crippen LogP contribution in [0.5, 0.6) is 46.0 Å². The van der Waals surface area contributed by atoms with Crippen molar-refractivity contribution in [2.24, 2.45) is 11.8 Å². The Morgan fingerprint density at radius 1 is 0.338 bits per heavy atom. The Kier molecular flexibility index (Phi) is 26.2. The highest BCUT2D eigenvalue weighted by Crippen LogP contribution is 2.44. The first-order chi connectivity index (χ1) is 34.3. The van der Waals surface area contributed by atoms with E-state index in [1.165, 1.54) is 83.0 Å². The zero-order chi connectivity index (χ0) is 49.0. The zero-order valence-electron chi connectivity index (χ0n) is 45.1. The Balaban J connectivity index is 0.00000296. The minimum atomic E-state index is 0. The van der Waals surface area contributed by atoms with Crippen LogP contribution in [0, 0.1) is 11.8 Å². The summed E-state index contributed by atoms with van der Waals surface area (Å²) in [5.41, 5.74) is 10.9. The summed E-state index contributed by atoms with van der Waals surface area (Å²) in [6.45, 7) is 3.88. The number of benzene rings is 4. The van der Waals surface area contributed by atoms with Crippen LogP contribution in [0.15, 0.2) is 48.5 Å². The van der Waals surface area contributed by atoms with Gasteiger partial charge in [-0.05, 0) is 195 Å². The van der Waals surface area contributed by atoms with E-state index < -0.39 is 0 Å². The summed E-state index contributed by atoms with van der Waals surface area (Å²) < 4.78 is 46.1. The van der Waals surface area contributed by atoms with Gasteiger partial charge in [0, 0.05) is 24.2 Å². The molecule has 0 saturated heterocycles. The molecule has 0 radical (unpaired) electrons. The molecule has 0 fully saturated rings. The van der Waals surface area contributed by atoms with Gasteiger partial charge in [-0.15, -0.1) is 49.6 Å². The third-order valence-corrected chi connectivity index (χ3v) is 16.1. The Bertz CT molecular complexity index is 2200. The Morgan fingerprint density at radius 3 is 0.878 bits per heavy atom. The number of rotatable bonds is 25. The van der Waals surface area contributed by atoms with Gasteiger partial charge in [-0.2, -0.15) is 0 Å². The summed E-state index contributed by atoms with van der Waals surface area (Å²) in [5.74, 6) is 7.46. The average molecular weight is 1110 g/mol. The molecule has 12 nitrogen and oxygen atoms in total. The maximum Gasteiger partial charge on any atom is 0.161 e. The first-order valence-corrected chi connectivity index (χ1v) is 26.3. The molecular formula is C58H86Cl4N4O8. The molecular weight excluding hydrogens is 1020 g/mol. The first-order valence-electron chi connectivity index (χ1n) is 26.3. The van der Waals surface area contributed by atoms with Crippen molar-refractivity contribution in [1.82, 2.24) is 21.3 Å². The van der Waals surface area contributed by atoms with E-state index in [1.54, 1.807) is 56.9 Å². The largest absolute Gasteiger partial charge is 0.493 e. The highest BCUT2D eigenvalue weighted by atomic mass is 35.5. The highest BCUT2D eigenvalue weighted by Gasteiger charge is 2.32. The van der Waals surface area contributed by atoms with Crippen molar-refractivity contribution >= 4 is 49.6 Å². The summed E-state index contributed by atoms with van der Waals surface area (Å²) in [6, 6.07) is 18.8. The number of hydrogen-bond acceptors (Lipinski definition) is 12. The summed E-state index contributed by atoms with van der Waals surface area (Å²) >= 11 is 0. The van der Waals surface area contributed by atoms with E-state index in [4.69, 9.17) is 37.9 Å². The summed E-state index contributed by atoms with van der Waals surface area (Å²) in [7, 11) is 13.9. The lowest BCUT2D eigenvalue weighted by Gasteiger charge is -2.36. The number of methoxy groups -OCH3 is 8. The van der Waals surface area contributed by atoms with E-state index in [1.807, 2.05) is 0 Å². The van der Waals surface area contributed by atoms with Gasteiger partial charge in [0.25, 0.3) is 0 Å². The molecule has 0 spiro atoms. The van der Waals surface area contributed by atoms with E-state index in [-0.39, 0.29) is 61.7 Å². The number of ether oxygens (including phenoxy) is 8. The van der Waals surface area contributed by atoms with Gasteiger partial charge in [0.15, 0.2) is 46.0 Å². The number of halogens is 4. The van der Waals surface area contributed by atoms with Crippen molar-refractivity contribution < 1.29 is 37.9 Å². The van der Waals surface area contributed by atoms with Gasteiger partial charge in [0.2, 0.25) is 0 Å². The molecule has 6 atom stereocenters. The van der Waals surface area contributed by atoms with Crippen LogP contribution in [0.2, 0.25) is 0 Å². The van der Waals surface area contributed by atoms with E-state index >= 15 is 0 Å². The maximum absolute atomic E-state index is 5.89. The minimum Gasteiger partial charge on any atom is -0.493 e. The van der Waals surface area contributed by atoms with Crippen LogP contribution in [-0.2, 0) is 25.7 Å². The predicted molar refractivity (Wildman–Crippen MR) is 307 cm³/mol. The average Bonchev–Trinajstić information content (AvgIpc) is 3.40. The lowest BCUT2D eigenvalue weighted by atomic mass is 9.78. The molecule has 0 saturated carbocycles. The topological polar surface area (TPSA) is 122 Å². The molecule has 16 heteroatoms. The Labute approximate surface area is 467 Å². The molecule has 8 rings (SSSR count). The van der Waals surface area contributed by atoms with Gasteiger partial charge in [0.1, 0.15) is 0 Å². The maximum atomic E-state index is 5.89. The van der Waals surface area contributed by atoms with Crippen molar-refractivity contribution in [3.63, 3.8) is 0 Å². The SMILES string of the molecule is COc1cc2c(cc1OC)C(CCCCC(CCCCC(CCCCC1NCCc3cc(OC)c(OC)cc31)C1NCCc3cc(OC)c(OC)cc31)C1NCCc3cc(OC)c(OC)cc31)NCC2.Cl.Cl.Cl.Cl. The summed E-state index contributed by atoms with van der Waals surface area (Å²) in [4.78, 5) is 0. The monoisotopic (exact) mass is 1110 g/mol. The molecule has 0 aliphatic carbocycles. The molecule has 0 amide bonds. The second-order valence-electron chi connectivity index (χ2n) is 19.9. The third-order valence-electron chi connectivity index (χ3n) is 16.1. The molecule has 0 aromatic heterocycles. The van der Waals surface area contributed by atoms with Gasteiger partial charge in [0.05, 0.1) is 56.9 Å². The standard InChI is InChI=1S/C58H82N4O8.4ClH/c1-63-49-29-39-21-25-59-47(43(39)33-53(49)67-5)19-13-11-17-37(57-45-35-55(69-7)51(65-3)31-41(45)23-27-61-57)15-9-10-16-38(58-46-36-56(70-8)52(66-4)32-42(46)24-28-62-58)18-12-14-20-48-44-34-54(68-6)50(64-2)30-40(44)22-26-60-48;;;;/h29-38,47-48,57-62H,9-28H2,1-8H3;4*1H. The van der Waals surface area contributed by atoms with Crippen LogP contribution in [-0.4, -0.2) is 83.1 Å². The Hall–Kier alpha value is -3.72. The lowest BCUT2D eigenvalue weighted by molar-refractivity contribution is 0.267. The van der Waals surface area contributed by atoms with Gasteiger partial charge < -0.3 is 59.2 Å². The van der Waals surface area contributed by atoms with Crippen molar-refractivity contribution in [2.45, 2.75) is 127 Å². The minimum absolute atomic E-state index is 0. The second-order valence-corrected chi connectivity index (χ2v) is 19.9. The number of fused-ring (bicyclic) bond motifs is 4. The molecule has 4 aliphatic rings. The summed E-state index contributed by atoms with van der Waals surface area (Å²) in [6.07, 6.45) is 17.8. The molecule has 414 valence electrons. The van der Waals surface area contributed by atoms with Crippen LogP contribution in [0.1, 0.15) is 146 Å². The van der Waals surface area contributed by atoms with E-state index in [0.717, 1.165) is 136 Å². The van der Waals surface area contributed by atoms with Crippen LogP contribution in [0.4, 0.5) is 0 Å². The van der Waals surface area contributed by atoms with E-state index in [2.05, 4.69) is 69.8 Å². The van der Waals surface area contributed by atoms with Crippen LogP contribution < -0.4 is 59.2 Å². The van der Waals surface area contributed by atoms with Crippen LogP contribution >= 0.6 is 49.6 Å². The van der Waals surface area contributed by atoms with Gasteiger partial charge in [-0.25, -0.2) is 0 Å². The summed E-state index contributed by atoms with van der Waals surface area (Å²) in [5, 5.41) is 15.7. The normalized spacial score (nSPS) is 19.1. The van der Waals surface area contributed by atoms with Gasteiger partial charge in [-0.1, -0.05) is 38.5 Å². The predicted octanol–water partition coefficient (Wildman–Crippen LogP) is 12.2. The van der Waals surface area contributed by atoms with Crippen molar-refractivity contribution in [3.05, 3.63) is 93.0 Å². The smallest absolute Gasteiger partial charge is 0.161 e. The number of unbranched alkanes of at least 4 members (excludes halogenated alkanes) is 3. The third kappa shape index (κ3) is 14.6. The fourth-order valence-corrected chi connectivity index (χ4v) is 12.4. The van der Waals surface area contributed by atoms with Crippen molar-refractivity contribution in [1.29, 1.82) is 0 Å². The first kappa shape index (κ1) is 62.8. The fourth-order valence-electron chi connectivity index (χ4n) is 12.4. The fraction of sp³-hybridized carbons (Fsp3) is 0.586. The molecule has 4 aromatic carbocycles. The molecule has 4 aromatic rings. The van der Waals surface area contributed by atoms with Crippen molar-refractivity contribution in [3.8, 4) is 46.0 Å². The molecule has 0 bridgehead atoms. The van der Waals surface area contributed by atoms with E-state index in [9.17, 15) is 0 Å². The second kappa shape index (κ2) is 30.9.